The smallest absolute Gasteiger partial charge is 0.0414 e. The van der Waals surface area contributed by atoms with E-state index in [1.54, 1.807) is 0 Å². The van der Waals surface area contributed by atoms with Crippen molar-refractivity contribution in [2.75, 3.05) is 0 Å². The summed E-state index contributed by atoms with van der Waals surface area (Å²) in [7, 11) is 0. The molecule has 1 unspecified atom stereocenters. The van der Waals surface area contributed by atoms with Crippen molar-refractivity contribution in [2.24, 2.45) is 5.92 Å². The molecule has 0 bridgehead atoms. The van der Waals surface area contributed by atoms with Crippen molar-refractivity contribution in [3.05, 3.63) is 6.92 Å². The average Bonchev–Trinajstić information content (AvgIpc) is 2.49. The zero-order chi connectivity index (χ0) is 15.6. The summed E-state index contributed by atoms with van der Waals surface area (Å²) in [6, 6.07) is 0. The van der Waals surface area contributed by atoms with E-state index in [-0.39, 0.29) is 0 Å². The van der Waals surface area contributed by atoms with Crippen LogP contribution >= 0.6 is 0 Å². The van der Waals surface area contributed by atoms with Gasteiger partial charge in [-0.05, 0) is 5.92 Å². The monoisotopic (exact) mass is 295 g/mol. The lowest BCUT2D eigenvalue weighted by atomic mass is 9.91. The molecule has 0 aliphatic rings. The number of unbranched alkanes of at least 4 members (excludes halogenated alkanes) is 11. The molecule has 0 saturated carbocycles. The Morgan fingerprint density at radius 1 is 0.524 bits per heavy atom. The summed E-state index contributed by atoms with van der Waals surface area (Å²) in [6.07, 6.45) is 24.2. The number of rotatable bonds is 17. The third-order valence-corrected chi connectivity index (χ3v) is 4.78. The second-order valence-corrected chi connectivity index (χ2v) is 6.97. The van der Waals surface area contributed by atoms with Gasteiger partial charge in [-0.2, -0.15) is 0 Å². The fourth-order valence-corrected chi connectivity index (χ4v) is 3.37. The Labute approximate surface area is 136 Å². The number of hydrogen-bond donors (Lipinski definition) is 0. The molecule has 0 aliphatic carbocycles. The van der Waals surface area contributed by atoms with Crippen LogP contribution in [0.4, 0.5) is 0 Å². The highest BCUT2D eigenvalue weighted by Gasteiger charge is 2.07. The van der Waals surface area contributed by atoms with Gasteiger partial charge in [0, 0.05) is 0 Å². The van der Waals surface area contributed by atoms with Crippen molar-refractivity contribution in [1.82, 2.24) is 0 Å². The molecular weight excluding hydrogens is 252 g/mol. The van der Waals surface area contributed by atoms with Crippen LogP contribution < -0.4 is 0 Å². The molecule has 0 fully saturated rings. The quantitative estimate of drug-likeness (QED) is 0.238. The van der Waals surface area contributed by atoms with Gasteiger partial charge in [-0.3, -0.25) is 0 Å². The molecule has 0 N–H and O–H groups in total. The molecular formula is C21H43. The summed E-state index contributed by atoms with van der Waals surface area (Å²) in [5.41, 5.74) is 0. The van der Waals surface area contributed by atoms with Gasteiger partial charge in [0.2, 0.25) is 0 Å². The van der Waals surface area contributed by atoms with Crippen molar-refractivity contribution >= 4 is 0 Å². The lowest BCUT2D eigenvalue weighted by Gasteiger charge is -2.15. The maximum Gasteiger partial charge on any atom is -0.0414 e. The first kappa shape index (κ1) is 21.0. The minimum absolute atomic E-state index is 1.02. The minimum atomic E-state index is 1.02. The Bertz CT molecular complexity index is 173. The van der Waals surface area contributed by atoms with E-state index in [0.29, 0.717) is 0 Å². The first-order valence-corrected chi connectivity index (χ1v) is 10.1. The largest absolute Gasteiger partial charge is 0.0654 e. The standard InChI is InChI=1S/C21H43/c1-4-7-9-11-12-13-14-15-17-20-21(18-6-3)19-16-10-8-5-2/h21H,2,4-20H2,1,3H3. The van der Waals surface area contributed by atoms with Gasteiger partial charge in [-0.1, -0.05) is 130 Å². The van der Waals surface area contributed by atoms with Crippen LogP contribution in [0.5, 0.6) is 0 Å². The first-order valence-electron chi connectivity index (χ1n) is 10.1. The summed E-state index contributed by atoms with van der Waals surface area (Å²) < 4.78 is 0. The van der Waals surface area contributed by atoms with E-state index < -0.39 is 0 Å². The van der Waals surface area contributed by atoms with Gasteiger partial charge in [0.05, 0.1) is 0 Å². The highest BCUT2D eigenvalue weighted by molar-refractivity contribution is 4.60. The lowest BCUT2D eigenvalue weighted by Crippen LogP contribution is -2.00. The second-order valence-electron chi connectivity index (χ2n) is 6.97. The molecule has 0 aromatic heterocycles. The van der Waals surface area contributed by atoms with Crippen molar-refractivity contribution in [1.29, 1.82) is 0 Å². The maximum absolute atomic E-state index is 3.94. The third-order valence-electron chi connectivity index (χ3n) is 4.78. The third kappa shape index (κ3) is 16.2. The van der Waals surface area contributed by atoms with E-state index in [1.165, 1.54) is 103 Å². The summed E-state index contributed by atoms with van der Waals surface area (Å²) in [5.74, 6) is 1.02. The van der Waals surface area contributed by atoms with Crippen LogP contribution in [0.1, 0.15) is 123 Å². The van der Waals surface area contributed by atoms with Crippen LogP contribution in [0.3, 0.4) is 0 Å². The maximum atomic E-state index is 3.94. The predicted molar refractivity (Wildman–Crippen MR) is 98.7 cm³/mol. The second kappa shape index (κ2) is 18.1. The SMILES string of the molecule is [CH2]CCCCCC(CCC)CCCCCCCCCCC. The topological polar surface area (TPSA) is 0 Å². The molecule has 0 aromatic rings. The van der Waals surface area contributed by atoms with Gasteiger partial charge < -0.3 is 0 Å². The zero-order valence-electron chi connectivity index (χ0n) is 15.3. The highest BCUT2D eigenvalue weighted by atomic mass is 14.1. The van der Waals surface area contributed by atoms with Gasteiger partial charge in [0.25, 0.3) is 0 Å². The van der Waals surface area contributed by atoms with Crippen LogP contribution in [0.2, 0.25) is 0 Å². The molecule has 0 aromatic carbocycles. The Hall–Kier alpha value is 0. The summed E-state index contributed by atoms with van der Waals surface area (Å²) in [6.45, 7) is 8.58. The van der Waals surface area contributed by atoms with Crippen molar-refractivity contribution < 1.29 is 0 Å². The van der Waals surface area contributed by atoms with Crippen molar-refractivity contribution in [2.45, 2.75) is 123 Å². The molecule has 1 atom stereocenters. The van der Waals surface area contributed by atoms with Crippen LogP contribution in [0, 0.1) is 12.8 Å². The first-order chi connectivity index (χ1) is 10.3. The molecule has 21 heavy (non-hydrogen) atoms. The molecule has 127 valence electrons. The fourth-order valence-electron chi connectivity index (χ4n) is 3.37. The van der Waals surface area contributed by atoms with Gasteiger partial charge in [0.1, 0.15) is 0 Å². The van der Waals surface area contributed by atoms with Crippen molar-refractivity contribution in [3.63, 3.8) is 0 Å². The van der Waals surface area contributed by atoms with Crippen molar-refractivity contribution in [3.8, 4) is 0 Å². The van der Waals surface area contributed by atoms with E-state index in [9.17, 15) is 0 Å². The molecule has 0 nitrogen and oxygen atoms in total. The molecule has 0 heterocycles. The Balaban J connectivity index is 3.38. The van der Waals surface area contributed by atoms with E-state index >= 15 is 0 Å². The summed E-state index contributed by atoms with van der Waals surface area (Å²) >= 11 is 0. The van der Waals surface area contributed by atoms with Gasteiger partial charge in [0.15, 0.2) is 0 Å². The minimum Gasteiger partial charge on any atom is -0.0654 e. The van der Waals surface area contributed by atoms with E-state index in [2.05, 4.69) is 20.8 Å². The van der Waals surface area contributed by atoms with E-state index in [1.807, 2.05) is 0 Å². The average molecular weight is 296 g/mol. The normalized spacial score (nSPS) is 12.7. The van der Waals surface area contributed by atoms with Gasteiger partial charge in [-0.25, -0.2) is 0 Å². The fraction of sp³-hybridized carbons (Fsp3) is 0.952. The van der Waals surface area contributed by atoms with Gasteiger partial charge in [-0.15, -0.1) is 0 Å². The molecule has 0 heteroatoms. The summed E-state index contributed by atoms with van der Waals surface area (Å²) in [5, 5.41) is 0. The molecule has 0 rings (SSSR count). The Morgan fingerprint density at radius 3 is 1.48 bits per heavy atom. The van der Waals surface area contributed by atoms with Crippen LogP contribution in [0.15, 0.2) is 0 Å². The van der Waals surface area contributed by atoms with Gasteiger partial charge >= 0.3 is 0 Å². The molecule has 0 amide bonds. The van der Waals surface area contributed by atoms with Crippen LogP contribution in [-0.2, 0) is 0 Å². The zero-order valence-corrected chi connectivity index (χ0v) is 15.3. The lowest BCUT2D eigenvalue weighted by molar-refractivity contribution is 0.378. The molecule has 0 aliphatic heterocycles. The number of hydrogen-bond acceptors (Lipinski definition) is 0. The molecule has 0 saturated heterocycles. The van der Waals surface area contributed by atoms with Crippen LogP contribution in [0.25, 0.3) is 0 Å². The predicted octanol–water partition coefficient (Wildman–Crippen LogP) is 8.11. The van der Waals surface area contributed by atoms with Crippen LogP contribution in [-0.4, -0.2) is 0 Å². The van der Waals surface area contributed by atoms with E-state index in [4.69, 9.17) is 0 Å². The van der Waals surface area contributed by atoms with E-state index in [0.717, 1.165) is 12.3 Å². The summed E-state index contributed by atoms with van der Waals surface area (Å²) in [4.78, 5) is 0. The highest BCUT2D eigenvalue weighted by Crippen LogP contribution is 2.23. The molecule has 0 spiro atoms. The Morgan fingerprint density at radius 2 is 1.00 bits per heavy atom. The Kier molecular flexibility index (Phi) is 18.1. The molecule has 1 radical (unpaired) electrons.